The summed E-state index contributed by atoms with van der Waals surface area (Å²) in [6.07, 6.45) is 1.52. The molecule has 4 heteroatoms. The molecule has 0 saturated carbocycles. The topological polar surface area (TPSA) is 41.5 Å². The monoisotopic (exact) mass is 272 g/mol. The Labute approximate surface area is 116 Å². The fourth-order valence-corrected chi connectivity index (χ4v) is 1.69. The molecule has 96 valence electrons. The zero-order valence-corrected chi connectivity index (χ0v) is 11.2. The number of nitrogens with zero attached hydrogens (tertiary/aromatic N) is 1. The standard InChI is InChI=1S/C15H13ClN2O/c1-11-6-8-12(9-7-11)15(19)18-17-10-13-4-2-3-5-14(13)16/h2-10H,1H3,(H,18,19)/b17-10+. The molecule has 1 amide bonds. The highest BCUT2D eigenvalue weighted by molar-refractivity contribution is 6.33. The highest BCUT2D eigenvalue weighted by Crippen LogP contribution is 2.12. The quantitative estimate of drug-likeness (QED) is 0.675. The van der Waals surface area contributed by atoms with E-state index in [1.54, 1.807) is 18.2 Å². The number of benzene rings is 2. The highest BCUT2D eigenvalue weighted by atomic mass is 35.5. The number of hydrogen-bond donors (Lipinski definition) is 1. The van der Waals surface area contributed by atoms with Crippen molar-refractivity contribution in [1.29, 1.82) is 0 Å². The Morgan fingerprint density at radius 3 is 2.53 bits per heavy atom. The molecule has 2 rings (SSSR count). The van der Waals surface area contributed by atoms with E-state index < -0.39 is 0 Å². The Morgan fingerprint density at radius 1 is 1.16 bits per heavy atom. The lowest BCUT2D eigenvalue weighted by molar-refractivity contribution is 0.0955. The van der Waals surface area contributed by atoms with Crippen LogP contribution < -0.4 is 5.43 Å². The van der Waals surface area contributed by atoms with Gasteiger partial charge in [-0.15, -0.1) is 0 Å². The zero-order valence-electron chi connectivity index (χ0n) is 10.4. The molecule has 0 unspecified atom stereocenters. The van der Waals surface area contributed by atoms with Gasteiger partial charge in [-0.25, -0.2) is 5.43 Å². The molecule has 2 aromatic rings. The number of halogens is 1. The first-order valence-corrected chi connectivity index (χ1v) is 6.19. The van der Waals surface area contributed by atoms with Gasteiger partial charge in [-0.1, -0.05) is 47.5 Å². The van der Waals surface area contributed by atoms with Crippen LogP contribution in [0.5, 0.6) is 0 Å². The Morgan fingerprint density at radius 2 is 1.84 bits per heavy atom. The summed E-state index contributed by atoms with van der Waals surface area (Å²) in [7, 11) is 0. The van der Waals surface area contributed by atoms with E-state index >= 15 is 0 Å². The van der Waals surface area contributed by atoms with E-state index in [9.17, 15) is 4.79 Å². The number of nitrogens with one attached hydrogen (secondary N) is 1. The number of aryl methyl sites for hydroxylation is 1. The van der Waals surface area contributed by atoms with E-state index in [-0.39, 0.29) is 5.91 Å². The molecule has 0 aromatic heterocycles. The van der Waals surface area contributed by atoms with Gasteiger partial charge in [0.05, 0.1) is 6.21 Å². The van der Waals surface area contributed by atoms with Crippen LogP contribution in [0.4, 0.5) is 0 Å². The maximum atomic E-state index is 11.8. The van der Waals surface area contributed by atoms with Crippen molar-refractivity contribution < 1.29 is 4.79 Å². The van der Waals surface area contributed by atoms with Crippen LogP contribution in [0.2, 0.25) is 5.02 Å². The van der Waals surface area contributed by atoms with Crippen molar-refractivity contribution in [3.63, 3.8) is 0 Å². The predicted molar refractivity (Wildman–Crippen MR) is 77.7 cm³/mol. The van der Waals surface area contributed by atoms with Crippen molar-refractivity contribution >= 4 is 23.7 Å². The molecule has 0 bridgehead atoms. The molecule has 0 heterocycles. The first-order chi connectivity index (χ1) is 9.16. The number of amides is 1. The molecule has 0 aliphatic carbocycles. The SMILES string of the molecule is Cc1ccc(C(=O)N/N=C/c2ccccc2Cl)cc1. The van der Waals surface area contributed by atoms with Gasteiger partial charge >= 0.3 is 0 Å². The van der Waals surface area contributed by atoms with E-state index in [0.717, 1.165) is 11.1 Å². The van der Waals surface area contributed by atoms with Crippen LogP contribution >= 0.6 is 11.6 Å². The number of hydrogen-bond acceptors (Lipinski definition) is 2. The van der Waals surface area contributed by atoms with Gasteiger partial charge in [0.25, 0.3) is 5.91 Å². The molecular formula is C15H13ClN2O. The van der Waals surface area contributed by atoms with Crippen LogP contribution in [0.15, 0.2) is 53.6 Å². The van der Waals surface area contributed by atoms with Gasteiger partial charge in [0.15, 0.2) is 0 Å². The Kier molecular flexibility index (Phi) is 4.31. The van der Waals surface area contributed by atoms with Crippen molar-refractivity contribution in [1.82, 2.24) is 5.43 Å². The Balaban J connectivity index is 2.01. The second-order valence-electron chi connectivity index (χ2n) is 4.09. The zero-order chi connectivity index (χ0) is 13.7. The first-order valence-electron chi connectivity index (χ1n) is 5.81. The minimum absolute atomic E-state index is 0.247. The van der Waals surface area contributed by atoms with Crippen molar-refractivity contribution in [3.05, 3.63) is 70.2 Å². The molecular weight excluding hydrogens is 260 g/mol. The Bertz CT molecular complexity index is 606. The molecule has 0 aliphatic rings. The molecule has 0 radical (unpaired) electrons. The van der Waals surface area contributed by atoms with Gasteiger partial charge in [0, 0.05) is 16.1 Å². The summed E-state index contributed by atoms with van der Waals surface area (Å²) in [5.74, 6) is -0.247. The molecule has 0 atom stereocenters. The van der Waals surface area contributed by atoms with Gasteiger partial charge in [-0.05, 0) is 25.1 Å². The second-order valence-corrected chi connectivity index (χ2v) is 4.49. The third-order valence-electron chi connectivity index (χ3n) is 2.59. The van der Waals surface area contributed by atoms with E-state index in [1.807, 2.05) is 37.3 Å². The van der Waals surface area contributed by atoms with E-state index in [2.05, 4.69) is 10.5 Å². The summed E-state index contributed by atoms with van der Waals surface area (Å²) in [5, 5.41) is 4.49. The van der Waals surface area contributed by atoms with E-state index in [1.165, 1.54) is 6.21 Å². The van der Waals surface area contributed by atoms with Gasteiger partial charge < -0.3 is 0 Å². The summed E-state index contributed by atoms with van der Waals surface area (Å²) in [6.45, 7) is 1.97. The maximum absolute atomic E-state index is 11.8. The molecule has 0 spiro atoms. The van der Waals surface area contributed by atoms with Crippen LogP contribution in [0.3, 0.4) is 0 Å². The third kappa shape index (κ3) is 3.66. The molecule has 1 N–H and O–H groups in total. The normalized spacial score (nSPS) is 10.6. The number of carbonyl (C=O) groups is 1. The Hall–Kier alpha value is -2.13. The lowest BCUT2D eigenvalue weighted by Gasteiger charge is -2.00. The van der Waals surface area contributed by atoms with Gasteiger partial charge in [0.1, 0.15) is 0 Å². The van der Waals surface area contributed by atoms with Crippen molar-refractivity contribution in [2.24, 2.45) is 5.10 Å². The third-order valence-corrected chi connectivity index (χ3v) is 2.93. The molecule has 0 fully saturated rings. The minimum atomic E-state index is -0.247. The number of rotatable bonds is 3. The molecule has 2 aromatic carbocycles. The summed E-state index contributed by atoms with van der Waals surface area (Å²) in [6, 6.07) is 14.6. The summed E-state index contributed by atoms with van der Waals surface area (Å²) in [4.78, 5) is 11.8. The van der Waals surface area contributed by atoms with Crippen molar-refractivity contribution in [2.45, 2.75) is 6.92 Å². The van der Waals surface area contributed by atoms with E-state index in [0.29, 0.717) is 10.6 Å². The lowest BCUT2D eigenvalue weighted by Crippen LogP contribution is -2.17. The highest BCUT2D eigenvalue weighted by Gasteiger charge is 2.02. The molecule has 0 saturated heterocycles. The fourth-order valence-electron chi connectivity index (χ4n) is 1.51. The van der Waals surface area contributed by atoms with Gasteiger partial charge in [-0.2, -0.15) is 5.10 Å². The van der Waals surface area contributed by atoms with Crippen LogP contribution in [0.1, 0.15) is 21.5 Å². The van der Waals surface area contributed by atoms with Gasteiger partial charge in [-0.3, -0.25) is 4.79 Å². The summed E-state index contributed by atoms with van der Waals surface area (Å²) >= 11 is 5.97. The molecule has 19 heavy (non-hydrogen) atoms. The number of hydrazone groups is 1. The summed E-state index contributed by atoms with van der Waals surface area (Å²) in [5.41, 5.74) is 4.90. The fraction of sp³-hybridized carbons (Fsp3) is 0.0667. The average Bonchev–Trinajstić information content (AvgIpc) is 2.41. The van der Waals surface area contributed by atoms with Gasteiger partial charge in [0.2, 0.25) is 0 Å². The molecule has 0 aliphatic heterocycles. The predicted octanol–water partition coefficient (Wildman–Crippen LogP) is 3.41. The first kappa shape index (κ1) is 13.3. The van der Waals surface area contributed by atoms with Crippen LogP contribution in [0, 0.1) is 6.92 Å². The smallest absolute Gasteiger partial charge is 0.267 e. The van der Waals surface area contributed by atoms with Crippen molar-refractivity contribution in [3.8, 4) is 0 Å². The lowest BCUT2D eigenvalue weighted by atomic mass is 10.1. The summed E-state index contributed by atoms with van der Waals surface area (Å²) < 4.78 is 0. The molecule has 3 nitrogen and oxygen atoms in total. The van der Waals surface area contributed by atoms with Crippen LogP contribution in [-0.2, 0) is 0 Å². The van der Waals surface area contributed by atoms with E-state index in [4.69, 9.17) is 11.6 Å². The second kappa shape index (κ2) is 6.16. The van der Waals surface area contributed by atoms with Crippen LogP contribution in [-0.4, -0.2) is 12.1 Å². The average molecular weight is 273 g/mol. The van der Waals surface area contributed by atoms with Crippen molar-refractivity contribution in [2.75, 3.05) is 0 Å². The largest absolute Gasteiger partial charge is 0.271 e. The van der Waals surface area contributed by atoms with Crippen LogP contribution in [0.25, 0.3) is 0 Å². The minimum Gasteiger partial charge on any atom is -0.267 e. The maximum Gasteiger partial charge on any atom is 0.271 e. The number of carbonyl (C=O) groups excluding carboxylic acids is 1.